The van der Waals surface area contributed by atoms with E-state index in [1.54, 1.807) is 0 Å². The van der Waals surface area contributed by atoms with E-state index in [4.69, 9.17) is 4.74 Å². The second-order valence-electron chi connectivity index (χ2n) is 6.69. The lowest BCUT2D eigenvalue weighted by Gasteiger charge is -2.31. The van der Waals surface area contributed by atoms with Crippen LogP contribution in [0.25, 0.3) is 0 Å². The number of sulfonamides is 1. The van der Waals surface area contributed by atoms with Crippen LogP contribution in [-0.4, -0.2) is 45.1 Å². The summed E-state index contributed by atoms with van der Waals surface area (Å²) >= 11 is 1.52. The van der Waals surface area contributed by atoms with Crippen molar-refractivity contribution >= 4 is 33.4 Å². The van der Waals surface area contributed by atoms with Gasteiger partial charge in [0.25, 0.3) is 0 Å². The zero-order valence-corrected chi connectivity index (χ0v) is 17.9. The van der Waals surface area contributed by atoms with Gasteiger partial charge in [-0.1, -0.05) is 12.1 Å². The SMILES string of the molecule is COc1ccc(F)cc1S(=O)(=O)N1CCC[C@H](C(=O)Nc2ccccc2SC)C1. The molecule has 0 aromatic heterocycles. The van der Waals surface area contributed by atoms with Crippen LogP contribution in [-0.2, 0) is 14.8 Å². The Morgan fingerprint density at radius 2 is 2.03 bits per heavy atom. The van der Waals surface area contributed by atoms with Gasteiger partial charge in [-0.3, -0.25) is 4.79 Å². The van der Waals surface area contributed by atoms with Gasteiger partial charge in [0, 0.05) is 18.0 Å². The van der Waals surface area contributed by atoms with Gasteiger partial charge in [0.05, 0.1) is 18.7 Å². The zero-order valence-electron chi connectivity index (χ0n) is 16.2. The van der Waals surface area contributed by atoms with Gasteiger partial charge < -0.3 is 10.1 Å². The Kier molecular flexibility index (Phi) is 6.81. The Morgan fingerprint density at radius 1 is 1.28 bits per heavy atom. The van der Waals surface area contributed by atoms with Crippen LogP contribution in [0.4, 0.5) is 10.1 Å². The Balaban J connectivity index is 1.80. The second-order valence-corrected chi connectivity index (χ2v) is 9.44. The van der Waals surface area contributed by atoms with Gasteiger partial charge in [-0.05, 0) is 49.4 Å². The summed E-state index contributed by atoms with van der Waals surface area (Å²) in [5, 5.41) is 2.91. The minimum Gasteiger partial charge on any atom is -0.495 e. The van der Waals surface area contributed by atoms with Crippen molar-refractivity contribution in [2.75, 3.05) is 31.8 Å². The number of anilines is 1. The van der Waals surface area contributed by atoms with E-state index in [1.807, 2.05) is 30.5 Å². The molecule has 9 heteroatoms. The van der Waals surface area contributed by atoms with Crippen LogP contribution in [0.1, 0.15) is 12.8 Å². The third-order valence-electron chi connectivity index (χ3n) is 4.86. The number of amides is 1. The number of halogens is 1. The number of hydrogen-bond acceptors (Lipinski definition) is 5. The van der Waals surface area contributed by atoms with Crippen molar-refractivity contribution in [2.45, 2.75) is 22.6 Å². The number of ether oxygens (including phenoxy) is 1. The van der Waals surface area contributed by atoms with Crippen LogP contribution in [0.15, 0.2) is 52.3 Å². The fraction of sp³-hybridized carbons (Fsp3) is 0.350. The number of carbonyl (C=O) groups excluding carboxylic acids is 1. The fourth-order valence-electron chi connectivity index (χ4n) is 3.35. The van der Waals surface area contributed by atoms with E-state index in [9.17, 15) is 17.6 Å². The average Bonchev–Trinajstić information content (AvgIpc) is 2.74. The largest absolute Gasteiger partial charge is 0.495 e. The van der Waals surface area contributed by atoms with E-state index in [0.717, 1.165) is 17.0 Å². The average molecular weight is 439 g/mol. The molecule has 0 aliphatic carbocycles. The Morgan fingerprint density at radius 3 is 2.76 bits per heavy atom. The molecular formula is C20H23FN2O4S2. The van der Waals surface area contributed by atoms with Crippen molar-refractivity contribution in [3.63, 3.8) is 0 Å². The smallest absolute Gasteiger partial charge is 0.246 e. The van der Waals surface area contributed by atoms with E-state index in [1.165, 1.54) is 29.2 Å². The second kappa shape index (κ2) is 9.15. The van der Waals surface area contributed by atoms with Gasteiger partial charge in [-0.25, -0.2) is 12.8 Å². The lowest BCUT2D eigenvalue weighted by Crippen LogP contribution is -2.43. The molecule has 29 heavy (non-hydrogen) atoms. The summed E-state index contributed by atoms with van der Waals surface area (Å²) in [6, 6.07) is 10.8. The van der Waals surface area contributed by atoms with Gasteiger partial charge in [-0.15, -0.1) is 11.8 Å². The molecule has 0 saturated carbocycles. The van der Waals surface area contributed by atoms with Crippen LogP contribution in [0, 0.1) is 11.7 Å². The summed E-state index contributed by atoms with van der Waals surface area (Å²) in [6.07, 6.45) is 3.05. The Bertz CT molecular complexity index is 998. The standard InChI is InChI=1S/C20H23FN2O4S2/c1-27-17-10-9-15(21)12-19(17)29(25,26)23-11-5-6-14(13-23)20(24)22-16-7-3-4-8-18(16)28-2/h3-4,7-10,12,14H,5-6,11,13H2,1-2H3,(H,22,24)/t14-/m0/s1. The first-order valence-electron chi connectivity index (χ1n) is 9.14. The van der Waals surface area contributed by atoms with Crippen molar-refractivity contribution in [3.05, 3.63) is 48.3 Å². The summed E-state index contributed by atoms with van der Waals surface area (Å²) in [5.41, 5.74) is 0.705. The van der Waals surface area contributed by atoms with Crippen molar-refractivity contribution < 1.29 is 22.3 Å². The highest BCUT2D eigenvalue weighted by atomic mass is 32.2. The molecule has 2 aromatic carbocycles. The van der Waals surface area contributed by atoms with E-state index >= 15 is 0 Å². The molecule has 156 valence electrons. The Labute approximate surface area is 174 Å². The minimum atomic E-state index is -4.00. The molecule has 1 atom stereocenters. The molecule has 0 bridgehead atoms. The molecule has 1 aliphatic rings. The van der Waals surface area contributed by atoms with Crippen LogP contribution in [0.2, 0.25) is 0 Å². The number of nitrogens with one attached hydrogen (secondary N) is 1. The van der Waals surface area contributed by atoms with E-state index in [2.05, 4.69) is 5.32 Å². The van der Waals surface area contributed by atoms with Crippen LogP contribution in [0.3, 0.4) is 0 Å². The topological polar surface area (TPSA) is 75.7 Å². The Hall–Kier alpha value is -2.10. The van der Waals surface area contributed by atoms with Gasteiger partial charge in [0.15, 0.2) is 0 Å². The molecule has 2 aromatic rings. The quantitative estimate of drug-likeness (QED) is 0.698. The number of methoxy groups -OCH3 is 1. The molecule has 6 nitrogen and oxygen atoms in total. The first kappa shape index (κ1) is 21.6. The third-order valence-corrected chi connectivity index (χ3v) is 7.55. The molecule has 1 aliphatic heterocycles. The molecule has 1 saturated heterocycles. The maximum Gasteiger partial charge on any atom is 0.246 e. The number of para-hydroxylation sites is 1. The van der Waals surface area contributed by atoms with Gasteiger partial charge >= 0.3 is 0 Å². The van der Waals surface area contributed by atoms with Crippen LogP contribution < -0.4 is 10.1 Å². The summed E-state index contributed by atoms with van der Waals surface area (Å²) in [5.74, 6) is -1.30. The summed E-state index contributed by atoms with van der Waals surface area (Å²) in [7, 11) is -2.66. The molecule has 1 heterocycles. The predicted octanol–water partition coefficient (Wildman–Crippen LogP) is 3.60. The zero-order chi connectivity index (χ0) is 21.0. The summed E-state index contributed by atoms with van der Waals surface area (Å²) in [6.45, 7) is 0.308. The van der Waals surface area contributed by atoms with Crippen molar-refractivity contribution in [1.82, 2.24) is 4.31 Å². The number of piperidine rings is 1. The van der Waals surface area contributed by atoms with Gasteiger partial charge in [0.2, 0.25) is 15.9 Å². The lowest BCUT2D eigenvalue weighted by molar-refractivity contribution is -0.120. The van der Waals surface area contributed by atoms with E-state index in [0.29, 0.717) is 18.5 Å². The number of thioether (sulfide) groups is 1. The number of rotatable bonds is 6. The third kappa shape index (κ3) is 4.73. The van der Waals surface area contributed by atoms with E-state index < -0.39 is 21.8 Å². The molecule has 3 rings (SSSR count). The maximum atomic E-state index is 13.7. The molecular weight excluding hydrogens is 415 g/mol. The molecule has 0 spiro atoms. The molecule has 1 fully saturated rings. The number of hydrogen-bond donors (Lipinski definition) is 1. The highest BCUT2D eigenvalue weighted by Gasteiger charge is 2.35. The van der Waals surface area contributed by atoms with Crippen LogP contribution in [0.5, 0.6) is 5.75 Å². The van der Waals surface area contributed by atoms with Crippen molar-refractivity contribution in [2.24, 2.45) is 5.92 Å². The van der Waals surface area contributed by atoms with Crippen molar-refractivity contribution in [3.8, 4) is 5.75 Å². The monoisotopic (exact) mass is 438 g/mol. The normalized spacial score (nSPS) is 17.7. The lowest BCUT2D eigenvalue weighted by atomic mass is 9.99. The first-order valence-corrected chi connectivity index (χ1v) is 11.8. The molecule has 0 radical (unpaired) electrons. The maximum absolute atomic E-state index is 13.7. The molecule has 1 amide bonds. The molecule has 1 N–H and O–H groups in total. The highest BCUT2D eigenvalue weighted by molar-refractivity contribution is 7.98. The molecule has 0 unspecified atom stereocenters. The highest BCUT2D eigenvalue weighted by Crippen LogP contribution is 2.31. The number of benzene rings is 2. The minimum absolute atomic E-state index is 0.0370. The van der Waals surface area contributed by atoms with Crippen molar-refractivity contribution in [1.29, 1.82) is 0 Å². The van der Waals surface area contributed by atoms with Gasteiger partial charge in [-0.2, -0.15) is 4.31 Å². The van der Waals surface area contributed by atoms with Crippen LogP contribution >= 0.6 is 11.8 Å². The fourth-order valence-corrected chi connectivity index (χ4v) is 5.59. The predicted molar refractivity (Wildman–Crippen MR) is 111 cm³/mol. The van der Waals surface area contributed by atoms with Gasteiger partial charge in [0.1, 0.15) is 16.5 Å². The summed E-state index contributed by atoms with van der Waals surface area (Å²) in [4.78, 5) is 13.5. The number of carbonyl (C=O) groups is 1. The van der Waals surface area contributed by atoms with E-state index in [-0.39, 0.29) is 29.6 Å². The first-order chi connectivity index (χ1) is 13.9. The summed E-state index contributed by atoms with van der Waals surface area (Å²) < 4.78 is 46.2. The number of nitrogens with zero attached hydrogens (tertiary/aromatic N) is 1.